The Morgan fingerprint density at radius 3 is 2.62 bits per heavy atom. The fourth-order valence-electron chi connectivity index (χ4n) is 3.08. The number of fused-ring (bicyclic) bond motifs is 1. The Kier molecular flexibility index (Phi) is 3.45. The van der Waals surface area contributed by atoms with Crippen molar-refractivity contribution in [3.05, 3.63) is 30.1 Å². The highest BCUT2D eigenvalue weighted by Gasteiger charge is 2.38. The zero-order valence-electron chi connectivity index (χ0n) is 12.7. The Morgan fingerprint density at radius 1 is 1.33 bits per heavy atom. The van der Waals surface area contributed by atoms with E-state index in [9.17, 15) is 4.79 Å². The lowest BCUT2D eigenvalue weighted by Crippen LogP contribution is -2.52. The van der Waals surface area contributed by atoms with Crippen LogP contribution >= 0.6 is 0 Å². The number of aryl methyl sites for hydroxylation is 1. The van der Waals surface area contributed by atoms with Gasteiger partial charge in [-0.15, -0.1) is 0 Å². The van der Waals surface area contributed by atoms with Gasteiger partial charge in [-0.25, -0.2) is 4.98 Å². The molecular formula is C16H21N3O2. The maximum atomic E-state index is 11.0. The van der Waals surface area contributed by atoms with E-state index in [0.717, 1.165) is 29.9 Å². The van der Waals surface area contributed by atoms with Gasteiger partial charge in [0.1, 0.15) is 5.82 Å². The second-order valence-electron chi connectivity index (χ2n) is 6.03. The molecule has 1 N–H and O–H groups in total. The minimum atomic E-state index is -0.699. The first-order valence-corrected chi connectivity index (χ1v) is 7.37. The number of benzene rings is 1. The lowest BCUT2D eigenvalue weighted by molar-refractivity contribution is -0.146. The van der Waals surface area contributed by atoms with Gasteiger partial charge in [0.05, 0.1) is 23.0 Å². The third kappa shape index (κ3) is 2.31. The molecule has 0 saturated carbocycles. The molecule has 1 aliphatic rings. The van der Waals surface area contributed by atoms with Crippen LogP contribution in [0.3, 0.4) is 0 Å². The van der Waals surface area contributed by atoms with E-state index in [1.165, 1.54) is 0 Å². The summed E-state index contributed by atoms with van der Waals surface area (Å²) in [5.41, 5.74) is 2.15. The first-order valence-electron chi connectivity index (χ1n) is 7.37. The van der Waals surface area contributed by atoms with E-state index in [0.29, 0.717) is 0 Å². The van der Waals surface area contributed by atoms with Gasteiger partial charge in [0, 0.05) is 20.1 Å². The molecule has 1 saturated heterocycles. The predicted octanol–water partition coefficient (Wildman–Crippen LogP) is 2.29. The molecule has 112 valence electrons. The van der Waals surface area contributed by atoms with Crippen molar-refractivity contribution >= 4 is 17.0 Å². The van der Waals surface area contributed by atoms with Crippen molar-refractivity contribution in [1.82, 2.24) is 14.5 Å². The van der Waals surface area contributed by atoms with Gasteiger partial charge in [-0.1, -0.05) is 19.1 Å². The lowest BCUT2D eigenvalue weighted by atomic mass is 9.86. The summed E-state index contributed by atoms with van der Waals surface area (Å²) in [5, 5.41) is 9.06. The van der Waals surface area contributed by atoms with Crippen LogP contribution in [0.5, 0.6) is 0 Å². The van der Waals surface area contributed by atoms with Gasteiger partial charge in [-0.05, 0) is 25.0 Å². The summed E-state index contributed by atoms with van der Waals surface area (Å²) in [4.78, 5) is 18.0. The normalized spacial score (nSPS) is 19.4. The van der Waals surface area contributed by atoms with Gasteiger partial charge < -0.3 is 9.67 Å². The zero-order chi connectivity index (χ0) is 15.1. The Morgan fingerprint density at radius 2 is 2.00 bits per heavy atom. The van der Waals surface area contributed by atoms with Crippen molar-refractivity contribution < 1.29 is 9.90 Å². The van der Waals surface area contributed by atoms with Crippen LogP contribution < -0.4 is 0 Å². The Labute approximate surface area is 124 Å². The summed E-state index contributed by atoms with van der Waals surface area (Å²) in [6.45, 7) is 5.60. The van der Waals surface area contributed by atoms with Crippen LogP contribution in [0.15, 0.2) is 24.3 Å². The predicted molar refractivity (Wildman–Crippen MR) is 81.0 cm³/mol. The molecule has 1 aliphatic heterocycles. The van der Waals surface area contributed by atoms with E-state index >= 15 is 0 Å². The molecule has 5 heteroatoms. The van der Waals surface area contributed by atoms with E-state index in [1.54, 1.807) is 6.92 Å². The lowest BCUT2D eigenvalue weighted by Gasteiger charge is -2.44. The minimum absolute atomic E-state index is 0.208. The van der Waals surface area contributed by atoms with Crippen molar-refractivity contribution in [1.29, 1.82) is 0 Å². The fourth-order valence-corrected chi connectivity index (χ4v) is 3.08. The van der Waals surface area contributed by atoms with E-state index in [2.05, 4.69) is 22.5 Å². The molecule has 0 amide bonds. The second-order valence-corrected chi connectivity index (χ2v) is 6.03. The van der Waals surface area contributed by atoms with Crippen LogP contribution in [0.25, 0.3) is 11.0 Å². The Bertz CT molecular complexity index is 673. The molecule has 0 aliphatic carbocycles. The number of rotatable bonds is 4. The van der Waals surface area contributed by atoms with Crippen LogP contribution in [0.2, 0.25) is 0 Å². The number of imidazole rings is 1. The number of hydrogen-bond acceptors (Lipinski definition) is 3. The van der Waals surface area contributed by atoms with Gasteiger partial charge in [0.25, 0.3) is 0 Å². The minimum Gasteiger partial charge on any atom is -0.481 e. The molecule has 2 atom stereocenters. The van der Waals surface area contributed by atoms with E-state index in [4.69, 9.17) is 10.1 Å². The molecule has 2 aromatic rings. The van der Waals surface area contributed by atoms with Crippen LogP contribution in [-0.2, 0) is 11.8 Å². The SMILES string of the molecule is CC(C(=O)O)C1CN(C(C)c2nc3ccccc3n2C)C1. The highest BCUT2D eigenvalue weighted by Crippen LogP contribution is 2.32. The number of nitrogens with zero attached hydrogens (tertiary/aromatic N) is 3. The Balaban J connectivity index is 1.75. The number of carboxylic acids is 1. The average Bonchev–Trinajstić information content (AvgIpc) is 2.74. The second kappa shape index (κ2) is 5.15. The number of aromatic nitrogens is 2. The average molecular weight is 287 g/mol. The highest BCUT2D eigenvalue weighted by molar-refractivity contribution is 5.75. The summed E-state index contributed by atoms with van der Waals surface area (Å²) in [6.07, 6.45) is 0. The number of carbonyl (C=O) groups is 1. The van der Waals surface area contributed by atoms with Crippen LogP contribution in [0.4, 0.5) is 0 Å². The zero-order valence-corrected chi connectivity index (χ0v) is 12.7. The molecular weight excluding hydrogens is 266 g/mol. The van der Waals surface area contributed by atoms with Crippen molar-refractivity contribution in [3.8, 4) is 0 Å². The van der Waals surface area contributed by atoms with Crippen molar-refractivity contribution in [2.75, 3.05) is 13.1 Å². The number of para-hydroxylation sites is 2. The number of carboxylic acid groups (broad SMARTS) is 1. The summed E-state index contributed by atoms with van der Waals surface area (Å²) in [7, 11) is 2.04. The third-order valence-corrected chi connectivity index (χ3v) is 4.78. The highest BCUT2D eigenvalue weighted by atomic mass is 16.4. The van der Waals surface area contributed by atoms with E-state index < -0.39 is 5.97 Å². The molecule has 5 nitrogen and oxygen atoms in total. The number of aliphatic carboxylic acids is 1. The molecule has 1 aromatic carbocycles. The molecule has 1 fully saturated rings. The van der Waals surface area contributed by atoms with Crippen LogP contribution in [-0.4, -0.2) is 38.6 Å². The first-order chi connectivity index (χ1) is 9.99. The van der Waals surface area contributed by atoms with Crippen LogP contribution in [0, 0.1) is 11.8 Å². The summed E-state index contributed by atoms with van der Waals surface area (Å²) >= 11 is 0. The number of likely N-dealkylation sites (tertiary alicyclic amines) is 1. The molecule has 1 aromatic heterocycles. The summed E-state index contributed by atoms with van der Waals surface area (Å²) in [6, 6.07) is 8.32. The summed E-state index contributed by atoms with van der Waals surface area (Å²) < 4.78 is 2.13. The molecule has 0 bridgehead atoms. The maximum absolute atomic E-state index is 11.0. The molecule has 3 rings (SSSR count). The van der Waals surface area contributed by atoms with Gasteiger partial charge in [-0.3, -0.25) is 9.69 Å². The Hall–Kier alpha value is -1.88. The van der Waals surface area contributed by atoms with Gasteiger partial charge in [-0.2, -0.15) is 0 Å². The quantitative estimate of drug-likeness (QED) is 0.937. The molecule has 2 unspecified atom stereocenters. The standard InChI is InChI=1S/C16H21N3O2/c1-10(16(20)21)12-8-19(9-12)11(2)15-17-13-6-4-5-7-14(13)18(15)3/h4-7,10-12H,8-9H2,1-3H3,(H,20,21). The third-order valence-electron chi connectivity index (χ3n) is 4.78. The number of hydrogen-bond donors (Lipinski definition) is 1. The first kappa shape index (κ1) is 14.1. The topological polar surface area (TPSA) is 58.4 Å². The molecule has 21 heavy (non-hydrogen) atoms. The van der Waals surface area contributed by atoms with Crippen molar-refractivity contribution in [2.45, 2.75) is 19.9 Å². The maximum Gasteiger partial charge on any atom is 0.306 e. The molecule has 0 radical (unpaired) electrons. The van der Waals surface area contributed by atoms with E-state index in [-0.39, 0.29) is 17.9 Å². The van der Waals surface area contributed by atoms with Crippen molar-refractivity contribution in [2.24, 2.45) is 18.9 Å². The fraction of sp³-hybridized carbons (Fsp3) is 0.500. The monoisotopic (exact) mass is 287 g/mol. The van der Waals surface area contributed by atoms with E-state index in [1.807, 2.05) is 25.2 Å². The van der Waals surface area contributed by atoms with Gasteiger partial charge >= 0.3 is 5.97 Å². The summed E-state index contributed by atoms with van der Waals surface area (Å²) in [5.74, 6) is 0.321. The van der Waals surface area contributed by atoms with Crippen molar-refractivity contribution in [3.63, 3.8) is 0 Å². The van der Waals surface area contributed by atoms with Gasteiger partial charge in [0.2, 0.25) is 0 Å². The molecule has 0 spiro atoms. The largest absolute Gasteiger partial charge is 0.481 e. The van der Waals surface area contributed by atoms with Crippen LogP contribution in [0.1, 0.15) is 25.7 Å². The molecule has 2 heterocycles. The smallest absolute Gasteiger partial charge is 0.306 e. The van der Waals surface area contributed by atoms with Gasteiger partial charge in [0.15, 0.2) is 0 Å².